The molecule has 46 heavy (non-hydrogen) atoms. The van der Waals surface area contributed by atoms with E-state index in [1.807, 2.05) is 0 Å². The van der Waals surface area contributed by atoms with Crippen LogP contribution in [0.1, 0.15) is 174 Å². The summed E-state index contributed by atoms with van der Waals surface area (Å²) in [5.74, 6) is -1.73. The molecule has 0 heterocycles. The molecule has 2 unspecified atom stereocenters. The molecule has 0 bridgehead atoms. The van der Waals surface area contributed by atoms with Gasteiger partial charge in [0.1, 0.15) is 12.6 Å². The van der Waals surface area contributed by atoms with Crippen LogP contribution in [0.2, 0.25) is 0 Å². The van der Waals surface area contributed by atoms with E-state index in [9.17, 15) is 19.5 Å². The lowest BCUT2D eigenvalue weighted by molar-refractivity contribution is -0.889. The predicted octanol–water partition coefficient (Wildman–Crippen LogP) is 8.08. The molecule has 0 aliphatic rings. The van der Waals surface area contributed by atoms with Gasteiger partial charge in [0.05, 0.1) is 40.3 Å². The molecule has 0 saturated carbocycles. The summed E-state index contributed by atoms with van der Waals surface area (Å²) in [5, 5.41) is 11.5. The Labute approximate surface area is 283 Å². The summed E-state index contributed by atoms with van der Waals surface area (Å²) in [6.45, 7) is 4.62. The molecule has 0 fully saturated rings. The number of ether oxygens (including phenoxy) is 3. The molecule has 0 amide bonds. The largest absolute Gasteiger partial charge is 0.544 e. The van der Waals surface area contributed by atoms with E-state index in [1.54, 1.807) is 21.1 Å². The number of hydrogen-bond donors (Lipinski definition) is 0. The highest BCUT2D eigenvalue weighted by Gasteiger charge is 2.25. The number of nitrogens with zero attached hydrogens (tertiary/aromatic N) is 1. The Balaban J connectivity index is 4.33. The summed E-state index contributed by atoms with van der Waals surface area (Å²) in [6, 6.07) is -0.717. The van der Waals surface area contributed by atoms with E-state index in [2.05, 4.69) is 13.8 Å². The summed E-state index contributed by atoms with van der Waals surface area (Å²) in [4.78, 5) is 36.5. The number of quaternary nitrogens is 1. The fraction of sp³-hybridized carbons (Fsp3) is 0.921. The third kappa shape index (κ3) is 28.5. The normalized spacial score (nSPS) is 13.0. The molecule has 0 aliphatic heterocycles. The molecule has 0 aliphatic carbocycles. The third-order valence-corrected chi connectivity index (χ3v) is 8.74. The highest BCUT2D eigenvalue weighted by atomic mass is 16.6. The highest BCUT2D eigenvalue weighted by Crippen LogP contribution is 2.15. The summed E-state index contributed by atoms with van der Waals surface area (Å²) in [5.41, 5.74) is 0. The second-order valence-electron chi connectivity index (χ2n) is 14.2. The number of carbonyl (C=O) groups is 3. The van der Waals surface area contributed by atoms with E-state index < -0.39 is 18.1 Å². The lowest BCUT2D eigenvalue weighted by atomic mass is 10.0. The standard InChI is InChI=1S/C38H73NO7/c1-6-8-10-12-14-15-16-17-18-19-20-21-23-25-27-29-37(41)46-34(32-44-31-30-35(38(42)43)39(3,4)5)33-45-36(40)28-26-24-22-13-11-9-7-2/h34-35H,6-33H2,1-5H3. The van der Waals surface area contributed by atoms with E-state index in [0.717, 1.165) is 38.5 Å². The van der Waals surface area contributed by atoms with Crippen molar-refractivity contribution < 1.29 is 38.2 Å². The van der Waals surface area contributed by atoms with Crippen molar-refractivity contribution in [1.82, 2.24) is 0 Å². The van der Waals surface area contributed by atoms with Gasteiger partial charge >= 0.3 is 11.9 Å². The highest BCUT2D eigenvalue weighted by molar-refractivity contribution is 5.70. The Morgan fingerprint density at radius 2 is 0.957 bits per heavy atom. The molecule has 0 rings (SSSR count). The van der Waals surface area contributed by atoms with Crippen LogP contribution < -0.4 is 5.11 Å². The van der Waals surface area contributed by atoms with Gasteiger partial charge in [-0.25, -0.2) is 0 Å². The van der Waals surface area contributed by atoms with Crippen LogP contribution in [-0.4, -0.2) is 75.5 Å². The van der Waals surface area contributed by atoms with Gasteiger partial charge in [-0.3, -0.25) is 9.59 Å². The summed E-state index contributed by atoms with van der Waals surface area (Å²) >= 11 is 0. The van der Waals surface area contributed by atoms with Crippen molar-refractivity contribution in [2.24, 2.45) is 0 Å². The van der Waals surface area contributed by atoms with Crippen LogP contribution in [0.5, 0.6) is 0 Å². The Kier molecular flexibility index (Phi) is 29.5. The summed E-state index contributed by atoms with van der Waals surface area (Å²) < 4.78 is 17.0. The molecule has 0 radical (unpaired) electrons. The number of carbonyl (C=O) groups excluding carboxylic acids is 3. The molecular formula is C38H73NO7. The van der Waals surface area contributed by atoms with Crippen molar-refractivity contribution in [3.05, 3.63) is 0 Å². The van der Waals surface area contributed by atoms with Crippen LogP contribution in [0.25, 0.3) is 0 Å². The molecule has 8 heteroatoms. The first-order valence-electron chi connectivity index (χ1n) is 19.1. The Hall–Kier alpha value is -1.67. The zero-order valence-corrected chi connectivity index (χ0v) is 30.8. The Morgan fingerprint density at radius 1 is 0.565 bits per heavy atom. The lowest BCUT2D eigenvalue weighted by Crippen LogP contribution is -2.55. The first kappa shape index (κ1) is 44.3. The molecule has 272 valence electrons. The first-order chi connectivity index (χ1) is 22.1. The number of esters is 2. The molecule has 0 spiro atoms. The number of aliphatic carboxylic acids is 1. The van der Waals surface area contributed by atoms with Crippen LogP contribution in [0.3, 0.4) is 0 Å². The van der Waals surface area contributed by atoms with Crippen molar-refractivity contribution in [3.8, 4) is 0 Å². The van der Waals surface area contributed by atoms with E-state index in [-0.39, 0.29) is 42.7 Å². The van der Waals surface area contributed by atoms with E-state index in [0.29, 0.717) is 12.8 Å². The Bertz CT molecular complexity index is 737. The van der Waals surface area contributed by atoms with Gasteiger partial charge in [-0.15, -0.1) is 0 Å². The number of carboxylic acid groups (broad SMARTS) is 1. The van der Waals surface area contributed by atoms with E-state index in [1.165, 1.54) is 103 Å². The maximum absolute atomic E-state index is 12.6. The fourth-order valence-electron chi connectivity index (χ4n) is 5.72. The average Bonchev–Trinajstić information content (AvgIpc) is 3.00. The van der Waals surface area contributed by atoms with Crippen LogP contribution in [-0.2, 0) is 28.6 Å². The van der Waals surface area contributed by atoms with Crippen molar-refractivity contribution >= 4 is 17.9 Å². The number of hydrogen-bond acceptors (Lipinski definition) is 7. The second kappa shape index (κ2) is 30.7. The van der Waals surface area contributed by atoms with Gasteiger partial charge in [-0.1, -0.05) is 142 Å². The zero-order valence-electron chi connectivity index (χ0n) is 30.8. The molecule has 0 aromatic carbocycles. The minimum atomic E-state index is -1.12. The van der Waals surface area contributed by atoms with Crippen LogP contribution in [0.15, 0.2) is 0 Å². The molecule has 0 N–H and O–H groups in total. The molecule has 2 atom stereocenters. The number of carboxylic acids is 1. The SMILES string of the molecule is CCCCCCCCCCCCCCCCCC(=O)OC(COCCC(C(=O)[O-])[N+](C)(C)C)COC(=O)CCCCCCCCC. The van der Waals surface area contributed by atoms with Crippen molar-refractivity contribution in [3.63, 3.8) is 0 Å². The fourth-order valence-corrected chi connectivity index (χ4v) is 5.72. The third-order valence-electron chi connectivity index (χ3n) is 8.74. The van der Waals surface area contributed by atoms with Crippen LogP contribution >= 0.6 is 0 Å². The Morgan fingerprint density at radius 3 is 1.35 bits per heavy atom. The summed E-state index contributed by atoms with van der Waals surface area (Å²) in [7, 11) is 5.40. The predicted molar refractivity (Wildman–Crippen MR) is 185 cm³/mol. The van der Waals surface area contributed by atoms with Crippen molar-refractivity contribution in [2.45, 2.75) is 187 Å². The van der Waals surface area contributed by atoms with Gasteiger partial charge in [0.2, 0.25) is 0 Å². The minimum absolute atomic E-state index is 0.0478. The monoisotopic (exact) mass is 656 g/mol. The minimum Gasteiger partial charge on any atom is -0.544 e. The van der Waals surface area contributed by atoms with Crippen molar-refractivity contribution in [1.29, 1.82) is 0 Å². The molecular weight excluding hydrogens is 582 g/mol. The average molecular weight is 656 g/mol. The number of unbranched alkanes of at least 4 members (excludes halogenated alkanes) is 20. The summed E-state index contributed by atoms with van der Waals surface area (Å²) in [6.07, 6.45) is 27.0. The van der Waals surface area contributed by atoms with Crippen LogP contribution in [0.4, 0.5) is 0 Å². The van der Waals surface area contributed by atoms with Gasteiger partial charge in [-0.05, 0) is 12.8 Å². The zero-order chi connectivity index (χ0) is 34.3. The molecule has 0 saturated heterocycles. The lowest BCUT2D eigenvalue weighted by Gasteiger charge is -2.34. The second-order valence-corrected chi connectivity index (χ2v) is 14.2. The van der Waals surface area contributed by atoms with Gasteiger partial charge < -0.3 is 28.6 Å². The number of likely N-dealkylation sites (N-methyl/N-ethyl adjacent to an activating group) is 1. The van der Waals surface area contributed by atoms with Gasteiger partial charge in [0.15, 0.2) is 6.10 Å². The van der Waals surface area contributed by atoms with Gasteiger partial charge in [-0.2, -0.15) is 0 Å². The quantitative estimate of drug-likeness (QED) is 0.0392. The van der Waals surface area contributed by atoms with Crippen LogP contribution in [0, 0.1) is 0 Å². The maximum atomic E-state index is 12.6. The maximum Gasteiger partial charge on any atom is 0.306 e. The van der Waals surface area contributed by atoms with Gasteiger partial charge in [0, 0.05) is 19.3 Å². The van der Waals surface area contributed by atoms with Crippen molar-refractivity contribution in [2.75, 3.05) is 41.0 Å². The topological polar surface area (TPSA) is 102 Å². The van der Waals surface area contributed by atoms with E-state index >= 15 is 0 Å². The van der Waals surface area contributed by atoms with Gasteiger partial charge in [0.25, 0.3) is 0 Å². The van der Waals surface area contributed by atoms with E-state index in [4.69, 9.17) is 14.2 Å². The first-order valence-corrected chi connectivity index (χ1v) is 19.1. The molecule has 0 aromatic rings. The molecule has 0 aromatic heterocycles. The number of rotatable bonds is 34. The smallest absolute Gasteiger partial charge is 0.306 e. The molecule has 8 nitrogen and oxygen atoms in total.